The molecule has 0 aliphatic rings. The Morgan fingerprint density at radius 1 is 1.17 bits per heavy atom. The average Bonchev–Trinajstić information content (AvgIpc) is 2.37. The van der Waals surface area contributed by atoms with Crippen LogP contribution in [0.4, 0.5) is 10.1 Å². The van der Waals surface area contributed by atoms with Crippen molar-refractivity contribution in [2.45, 2.75) is 13.8 Å². The Balaban J connectivity index is 2.57. The van der Waals surface area contributed by atoms with E-state index in [4.69, 9.17) is 9.47 Å². The highest BCUT2D eigenvalue weighted by Crippen LogP contribution is 2.13. The molecule has 0 radical (unpaired) electrons. The quantitative estimate of drug-likeness (QED) is 0.500. The fraction of sp³-hybridized carbons (Fsp3) is 0.615. The van der Waals surface area contributed by atoms with Gasteiger partial charge in [-0.05, 0) is 19.9 Å². The van der Waals surface area contributed by atoms with Gasteiger partial charge in [0.2, 0.25) is 5.95 Å². The van der Waals surface area contributed by atoms with Crippen molar-refractivity contribution in [1.82, 2.24) is 4.98 Å². The van der Waals surface area contributed by atoms with E-state index < -0.39 is 5.95 Å². The third-order valence-corrected chi connectivity index (χ3v) is 2.49. The molecule has 4 nitrogen and oxygen atoms in total. The minimum absolute atomic E-state index is 0.467. The molecule has 102 valence electrons. The Labute approximate surface area is 108 Å². The van der Waals surface area contributed by atoms with Crippen LogP contribution in [0.2, 0.25) is 0 Å². The number of anilines is 1. The van der Waals surface area contributed by atoms with Crippen molar-refractivity contribution in [1.29, 1.82) is 0 Å². The molecule has 0 fully saturated rings. The predicted octanol–water partition coefficient (Wildman–Crippen LogP) is 2.10. The molecule has 0 aliphatic carbocycles. The van der Waals surface area contributed by atoms with Gasteiger partial charge in [0.15, 0.2) is 0 Å². The van der Waals surface area contributed by atoms with E-state index in [-0.39, 0.29) is 0 Å². The number of ether oxygens (including phenoxy) is 2. The third-order valence-electron chi connectivity index (χ3n) is 2.49. The van der Waals surface area contributed by atoms with Gasteiger partial charge in [-0.15, -0.1) is 0 Å². The molecule has 0 atom stereocenters. The van der Waals surface area contributed by atoms with Crippen molar-refractivity contribution in [3.8, 4) is 0 Å². The number of pyridine rings is 1. The van der Waals surface area contributed by atoms with Crippen molar-refractivity contribution in [2.24, 2.45) is 0 Å². The summed E-state index contributed by atoms with van der Waals surface area (Å²) in [7, 11) is 0. The van der Waals surface area contributed by atoms with Crippen LogP contribution in [0.15, 0.2) is 18.3 Å². The van der Waals surface area contributed by atoms with Gasteiger partial charge in [-0.1, -0.05) is 0 Å². The van der Waals surface area contributed by atoms with Gasteiger partial charge in [-0.2, -0.15) is 4.39 Å². The minimum Gasteiger partial charge on any atom is -0.380 e. The lowest BCUT2D eigenvalue weighted by atomic mass is 10.3. The number of rotatable bonds is 9. The summed E-state index contributed by atoms with van der Waals surface area (Å²) in [5.41, 5.74) is 0.807. The summed E-state index contributed by atoms with van der Waals surface area (Å²) in [5, 5.41) is 0. The van der Waals surface area contributed by atoms with E-state index in [0.29, 0.717) is 39.5 Å². The third kappa shape index (κ3) is 5.42. The molecule has 1 heterocycles. The predicted molar refractivity (Wildman–Crippen MR) is 69.4 cm³/mol. The van der Waals surface area contributed by atoms with Crippen molar-refractivity contribution >= 4 is 5.69 Å². The smallest absolute Gasteiger partial charge is 0.214 e. The highest BCUT2D eigenvalue weighted by molar-refractivity contribution is 5.44. The Kier molecular flexibility index (Phi) is 7.29. The largest absolute Gasteiger partial charge is 0.380 e. The minimum atomic E-state index is -0.467. The number of hydrogen-bond acceptors (Lipinski definition) is 4. The van der Waals surface area contributed by atoms with Gasteiger partial charge in [-0.3, -0.25) is 0 Å². The Morgan fingerprint density at radius 2 is 1.78 bits per heavy atom. The maximum absolute atomic E-state index is 13.1. The summed E-state index contributed by atoms with van der Waals surface area (Å²) in [5.74, 6) is -0.467. The molecule has 0 aromatic carbocycles. The first-order valence-electron chi connectivity index (χ1n) is 6.30. The van der Waals surface area contributed by atoms with Gasteiger partial charge >= 0.3 is 0 Å². The summed E-state index contributed by atoms with van der Waals surface area (Å²) in [6, 6.07) is 3.22. The van der Waals surface area contributed by atoms with E-state index >= 15 is 0 Å². The van der Waals surface area contributed by atoms with Crippen molar-refractivity contribution < 1.29 is 13.9 Å². The maximum atomic E-state index is 13.1. The molecule has 1 aromatic heterocycles. The first-order valence-corrected chi connectivity index (χ1v) is 6.30. The van der Waals surface area contributed by atoms with Crippen LogP contribution in [0.25, 0.3) is 0 Å². The average molecular weight is 256 g/mol. The van der Waals surface area contributed by atoms with Crippen LogP contribution in [-0.4, -0.2) is 44.5 Å². The molecule has 1 rings (SSSR count). The van der Waals surface area contributed by atoms with Crippen molar-refractivity contribution in [2.75, 3.05) is 44.4 Å². The summed E-state index contributed by atoms with van der Waals surface area (Å²) in [4.78, 5) is 5.60. The fourth-order valence-electron chi connectivity index (χ4n) is 1.60. The fourth-order valence-corrected chi connectivity index (χ4v) is 1.60. The standard InChI is InChI=1S/C13H21FN2O2/c1-3-17-9-7-16(8-10-18-4-2)12-5-6-15-13(14)11-12/h5-6,11H,3-4,7-10H2,1-2H3. The van der Waals surface area contributed by atoms with Crippen LogP contribution in [0.5, 0.6) is 0 Å². The van der Waals surface area contributed by atoms with Crippen molar-refractivity contribution in [3.05, 3.63) is 24.3 Å². The molecule has 0 saturated carbocycles. The van der Waals surface area contributed by atoms with Gasteiger partial charge in [-0.25, -0.2) is 4.98 Å². The highest BCUT2D eigenvalue weighted by Gasteiger charge is 2.07. The zero-order valence-electron chi connectivity index (χ0n) is 11.1. The first-order chi connectivity index (χ1) is 8.77. The van der Waals surface area contributed by atoms with Crippen LogP contribution >= 0.6 is 0 Å². The molecule has 0 bridgehead atoms. The Morgan fingerprint density at radius 3 is 2.28 bits per heavy atom. The van der Waals surface area contributed by atoms with E-state index in [2.05, 4.69) is 4.98 Å². The van der Waals surface area contributed by atoms with E-state index in [1.54, 1.807) is 6.07 Å². The Hall–Kier alpha value is -1.20. The summed E-state index contributed by atoms with van der Waals surface area (Å²) in [6.45, 7) is 7.94. The van der Waals surface area contributed by atoms with Crippen LogP contribution in [0.1, 0.15) is 13.8 Å². The zero-order valence-corrected chi connectivity index (χ0v) is 11.1. The monoisotopic (exact) mass is 256 g/mol. The molecule has 0 spiro atoms. The van der Waals surface area contributed by atoms with Crippen LogP contribution in [-0.2, 0) is 9.47 Å². The van der Waals surface area contributed by atoms with Gasteiger partial charge in [0, 0.05) is 44.3 Å². The Bertz CT molecular complexity index is 327. The number of halogens is 1. The molecule has 0 unspecified atom stereocenters. The molecule has 0 saturated heterocycles. The van der Waals surface area contributed by atoms with Gasteiger partial charge in [0.25, 0.3) is 0 Å². The van der Waals surface area contributed by atoms with Gasteiger partial charge in [0.05, 0.1) is 13.2 Å². The lowest BCUT2D eigenvalue weighted by molar-refractivity contribution is 0.141. The molecular weight excluding hydrogens is 235 g/mol. The van der Waals surface area contributed by atoms with Gasteiger partial charge < -0.3 is 14.4 Å². The molecule has 0 N–H and O–H groups in total. The van der Waals surface area contributed by atoms with Crippen LogP contribution in [0, 0.1) is 5.95 Å². The van der Waals surface area contributed by atoms with E-state index in [1.165, 1.54) is 12.3 Å². The van der Waals surface area contributed by atoms with E-state index in [0.717, 1.165) is 5.69 Å². The second kappa shape index (κ2) is 8.83. The SMILES string of the molecule is CCOCCN(CCOCC)c1ccnc(F)c1. The van der Waals surface area contributed by atoms with Crippen LogP contribution in [0.3, 0.4) is 0 Å². The summed E-state index contributed by atoms with van der Waals surface area (Å²) < 4.78 is 23.8. The first kappa shape index (κ1) is 14.9. The van der Waals surface area contributed by atoms with Crippen molar-refractivity contribution in [3.63, 3.8) is 0 Å². The lowest BCUT2D eigenvalue weighted by Gasteiger charge is -2.24. The molecule has 1 aromatic rings. The van der Waals surface area contributed by atoms with E-state index in [9.17, 15) is 4.39 Å². The normalized spacial score (nSPS) is 10.6. The molecule has 5 heteroatoms. The number of aromatic nitrogens is 1. The van der Waals surface area contributed by atoms with E-state index in [1.807, 2.05) is 18.7 Å². The van der Waals surface area contributed by atoms with Crippen LogP contribution < -0.4 is 4.90 Å². The zero-order chi connectivity index (χ0) is 13.2. The summed E-state index contributed by atoms with van der Waals surface area (Å²) >= 11 is 0. The topological polar surface area (TPSA) is 34.6 Å². The number of nitrogens with zero attached hydrogens (tertiary/aromatic N) is 2. The second-order valence-electron chi connectivity index (χ2n) is 3.72. The second-order valence-corrected chi connectivity index (χ2v) is 3.72. The summed E-state index contributed by atoms with van der Waals surface area (Å²) in [6.07, 6.45) is 1.47. The highest BCUT2D eigenvalue weighted by atomic mass is 19.1. The van der Waals surface area contributed by atoms with Gasteiger partial charge in [0.1, 0.15) is 0 Å². The molecular formula is C13H21FN2O2. The maximum Gasteiger partial charge on any atom is 0.214 e. The molecule has 0 aliphatic heterocycles. The lowest BCUT2D eigenvalue weighted by Crippen LogP contribution is -2.31. The molecule has 18 heavy (non-hydrogen) atoms. The molecule has 0 amide bonds. The number of hydrogen-bond donors (Lipinski definition) is 0.